The molecule has 1 aliphatic heterocycles. The number of nitrogens with zero attached hydrogens (tertiary/aromatic N) is 1. The average molecular weight is 411 g/mol. The van der Waals surface area contributed by atoms with Crippen LogP contribution in [0, 0.1) is 19.8 Å². The van der Waals surface area contributed by atoms with Crippen molar-refractivity contribution in [3.8, 4) is 11.5 Å². The van der Waals surface area contributed by atoms with E-state index >= 15 is 0 Å². The Hall–Kier alpha value is -3.55. The second-order valence-electron chi connectivity index (χ2n) is 7.21. The van der Waals surface area contributed by atoms with Gasteiger partial charge >= 0.3 is 0 Å². The van der Waals surface area contributed by atoms with E-state index in [0.29, 0.717) is 24.5 Å². The summed E-state index contributed by atoms with van der Waals surface area (Å²) in [6, 6.07) is 8.62. The van der Waals surface area contributed by atoms with Gasteiger partial charge in [-0.05, 0) is 49.6 Å². The Morgan fingerprint density at radius 2 is 1.73 bits per heavy atom. The molecule has 1 atom stereocenters. The van der Waals surface area contributed by atoms with Gasteiger partial charge in [-0.2, -0.15) is 0 Å². The van der Waals surface area contributed by atoms with E-state index in [1.807, 2.05) is 32.0 Å². The van der Waals surface area contributed by atoms with Gasteiger partial charge in [-0.3, -0.25) is 14.4 Å². The lowest BCUT2D eigenvalue weighted by molar-refractivity contribution is -0.129. The second-order valence-corrected chi connectivity index (χ2v) is 7.21. The number of rotatable bonds is 6. The van der Waals surface area contributed by atoms with E-state index in [9.17, 15) is 14.4 Å². The van der Waals surface area contributed by atoms with Gasteiger partial charge in [0.2, 0.25) is 11.8 Å². The van der Waals surface area contributed by atoms with Crippen molar-refractivity contribution in [3.63, 3.8) is 0 Å². The summed E-state index contributed by atoms with van der Waals surface area (Å²) in [6.07, 6.45) is 0.372. The highest BCUT2D eigenvalue weighted by Crippen LogP contribution is 2.34. The van der Waals surface area contributed by atoms with Crippen LogP contribution in [-0.2, 0) is 9.59 Å². The number of carbonyl (C=O) groups is 3. The third-order valence-electron chi connectivity index (χ3n) is 5.37. The number of benzene rings is 2. The summed E-state index contributed by atoms with van der Waals surface area (Å²) in [7, 11) is 2.87. The summed E-state index contributed by atoms with van der Waals surface area (Å²) < 4.78 is 10.4. The standard InChI is InChI=1S/C22H25N3O5/c1-12-5-6-14(9-13(12)2)25-8-7-15(22(25)28)21(27)24-17-11-19(30-4)18(29-3)10-16(17)20(23)26/h5-6,9-11,15H,7-8H2,1-4H3,(H2,23,26)(H,24,27). The number of primary amides is 1. The topological polar surface area (TPSA) is 111 Å². The zero-order valence-electron chi connectivity index (χ0n) is 17.4. The van der Waals surface area contributed by atoms with Crippen molar-refractivity contribution in [3.05, 3.63) is 47.0 Å². The number of nitrogens with two attached hydrogens (primary N) is 1. The van der Waals surface area contributed by atoms with Crippen LogP contribution in [0.15, 0.2) is 30.3 Å². The van der Waals surface area contributed by atoms with Gasteiger partial charge in [-0.1, -0.05) is 6.07 Å². The summed E-state index contributed by atoms with van der Waals surface area (Å²) in [6.45, 7) is 4.42. The van der Waals surface area contributed by atoms with Crippen molar-refractivity contribution in [1.29, 1.82) is 0 Å². The van der Waals surface area contributed by atoms with E-state index in [4.69, 9.17) is 15.2 Å². The van der Waals surface area contributed by atoms with Crippen LogP contribution in [0.25, 0.3) is 0 Å². The molecule has 3 rings (SSSR count). The molecule has 0 aromatic heterocycles. The largest absolute Gasteiger partial charge is 0.493 e. The number of carbonyl (C=O) groups excluding carboxylic acids is 3. The number of ether oxygens (including phenoxy) is 2. The predicted octanol–water partition coefficient (Wildman–Crippen LogP) is 2.41. The first-order valence-corrected chi connectivity index (χ1v) is 9.52. The summed E-state index contributed by atoms with van der Waals surface area (Å²) in [5, 5.41) is 2.66. The molecule has 0 aliphatic carbocycles. The quantitative estimate of drug-likeness (QED) is 0.709. The van der Waals surface area contributed by atoms with Gasteiger partial charge in [-0.15, -0.1) is 0 Å². The van der Waals surface area contributed by atoms with Gasteiger partial charge in [-0.25, -0.2) is 0 Å². The third-order valence-corrected chi connectivity index (χ3v) is 5.37. The number of anilines is 2. The molecule has 8 nitrogen and oxygen atoms in total. The summed E-state index contributed by atoms with van der Waals surface area (Å²) >= 11 is 0. The fraction of sp³-hybridized carbons (Fsp3) is 0.318. The van der Waals surface area contributed by atoms with Crippen molar-refractivity contribution < 1.29 is 23.9 Å². The normalized spacial score (nSPS) is 15.8. The predicted molar refractivity (Wildman–Crippen MR) is 113 cm³/mol. The molecule has 30 heavy (non-hydrogen) atoms. The number of methoxy groups -OCH3 is 2. The van der Waals surface area contributed by atoms with Crippen LogP contribution in [0.5, 0.6) is 11.5 Å². The lowest BCUT2D eigenvalue weighted by Gasteiger charge is -2.18. The fourth-order valence-corrected chi connectivity index (χ4v) is 3.48. The first-order valence-electron chi connectivity index (χ1n) is 9.52. The van der Waals surface area contributed by atoms with Crippen LogP contribution in [0.3, 0.4) is 0 Å². The van der Waals surface area contributed by atoms with E-state index in [2.05, 4.69) is 5.32 Å². The Balaban J connectivity index is 1.83. The van der Waals surface area contributed by atoms with E-state index in [0.717, 1.165) is 16.8 Å². The fourth-order valence-electron chi connectivity index (χ4n) is 3.48. The maximum atomic E-state index is 12.9. The molecular formula is C22H25N3O5. The Kier molecular flexibility index (Phi) is 5.96. The zero-order valence-corrected chi connectivity index (χ0v) is 17.4. The highest BCUT2D eigenvalue weighted by atomic mass is 16.5. The molecule has 3 amide bonds. The molecule has 0 radical (unpaired) electrons. The zero-order chi connectivity index (χ0) is 22.0. The van der Waals surface area contributed by atoms with Crippen LogP contribution >= 0.6 is 0 Å². The van der Waals surface area contributed by atoms with E-state index in [-0.39, 0.29) is 17.2 Å². The Bertz CT molecular complexity index is 1020. The highest BCUT2D eigenvalue weighted by Gasteiger charge is 2.38. The second kappa shape index (κ2) is 8.44. The van der Waals surface area contributed by atoms with Crippen molar-refractivity contribution in [2.45, 2.75) is 20.3 Å². The molecule has 0 bridgehead atoms. The average Bonchev–Trinajstić information content (AvgIpc) is 3.10. The van der Waals surface area contributed by atoms with E-state index in [1.165, 1.54) is 26.4 Å². The first kappa shape index (κ1) is 21.2. The monoisotopic (exact) mass is 411 g/mol. The minimum absolute atomic E-state index is 0.0671. The van der Waals surface area contributed by atoms with Crippen molar-refractivity contribution in [2.24, 2.45) is 11.7 Å². The minimum atomic E-state index is -0.861. The van der Waals surface area contributed by atoms with Gasteiger partial charge in [0, 0.05) is 18.3 Å². The van der Waals surface area contributed by atoms with Crippen molar-refractivity contribution in [2.75, 3.05) is 31.0 Å². The molecule has 0 spiro atoms. The summed E-state index contributed by atoms with van der Waals surface area (Å²) in [4.78, 5) is 39.2. The van der Waals surface area contributed by atoms with Gasteiger partial charge < -0.3 is 25.4 Å². The molecule has 1 saturated heterocycles. The van der Waals surface area contributed by atoms with Gasteiger partial charge in [0.05, 0.1) is 25.5 Å². The smallest absolute Gasteiger partial charge is 0.250 e. The highest BCUT2D eigenvalue weighted by molar-refractivity contribution is 6.14. The lowest BCUT2D eigenvalue weighted by Crippen LogP contribution is -2.33. The van der Waals surface area contributed by atoms with E-state index in [1.54, 1.807) is 4.90 Å². The Morgan fingerprint density at radius 1 is 1.07 bits per heavy atom. The molecule has 1 fully saturated rings. The first-order chi connectivity index (χ1) is 14.3. The molecule has 2 aromatic carbocycles. The van der Waals surface area contributed by atoms with Crippen LogP contribution < -0.4 is 25.4 Å². The van der Waals surface area contributed by atoms with Gasteiger partial charge in [0.15, 0.2) is 11.5 Å². The molecule has 2 aromatic rings. The molecule has 3 N–H and O–H groups in total. The minimum Gasteiger partial charge on any atom is -0.493 e. The van der Waals surface area contributed by atoms with Crippen LogP contribution in [-0.4, -0.2) is 38.5 Å². The summed E-state index contributed by atoms with van der Waals surface area (Å²) in [5.41, 5.74) is 8.66. The Labute approximate surface area is 174 Å². The van der Waals surface area contributed by atoms with Crippen molar-refractivity contribution >= 4 is 29.1 Å². The SMILES string of the molecule is COc1cc(NC(=O)C2CCN(c3ccc(C)c(C)c3)C2=O)c(C(N)=O)cc1OC. The summed E-state index contributed by atoms with van der Waals surface area (Å²) in [5.74, 6) is -1.74. The maximum Gasteiger partial charge on any atom is 0.250 e. The number of nitrogens with one attached hydrogen (secondary N) is 1. The van der Waals surface area contributed by atoms with Crippen LogP contribution in [0.1, 0.15) is 27.9 Å². The molecule has 1 unspecified atom stereocenters. The molecule has 158 valence electrons. The van der Waals surface area contributed by atoms with Gasteiger partial charge in [0.25, 0.3) is 5.91 Å². The number of amides is 3. The van der Waals surface area contributed by atoms with Gasteiger partial charge in [0.1, 0.15) is 5.92 Å². The maximum absolute atomic E-state index is 12.9. The van der Waals surface area contributed by atoms with Crippen LogP contribution in [0.4, 0.5) is 11.4 Å². The molecule has 1 heterocycles. The number of hydrogen-bond acceptors (Lipinski definition) is 5. The van der Waals surface area contributed by atoms with E-state index < -0.39 is 17.7 Å². The molecule has 1 aliphatic rings. The number of hydrogen-bond donors (Lipinski definition) is 2. The van der Waals surface area contributed by atoms with Crippen LogP contribution in [0.2, 0.25) is 0 Å². The van der Waals surface area contributed by atoms with Crippen molar-refractivity contribution in [1.82, 2.24) is 0 Å². The molecular weight excluding hydrogens is 386 g/mol. The Morgan fingerprint density at radius 3 is 2.33 bits per heavy atom. The third kappa shape index (κ3) is 3.94. The number of aryl methyl sites for hydroxylation is 2. The lowest BCUT2D eigenvalue weighted by atomic mass is 10.1. The molecule has 0 saturated carbocycles. The molecule has 8 heteroatoms.